The molecule has 0 nitrogen and oxygen atoms in total. The standard InChI is InChI=1S/C49H34S/c1-3-13-35(14-4-1)36-25-27-38(28-26-36)44(37-15-5-2-6-16-37)29-24-34-12-9-19-39(30-34)40-20-10-21-43(31-40)45-22-11-23-47-49(45)46-32-41-17-7-8-18-42(41)33-48(46)50-47/h1-23,25-33H,24H2/b44-29+. The van der Waals surface area contributed by atoms with Crippen molar-refractivity contribution in [3.8, 4) is 33.4 Å². The largest absolute Gasteiger partial charge is 0.135 e. The van der Waals surface area contributed by atoms with Crippen LogP contribution < -0.4 is 0 Å². The Labute approximate surface area is 297 Å². The van der Waals surface area contributed by atoms with E-state index in [9.17, 15) is 0 Å². The summed E-state index contributed by atoms with van der Waals surface area (Å²) in [7, 11) is 0. The van der Waals surface area contributed by atoms with Gasteiger partial charge in [0.2, 0.25) is 0 Å². The van der Waals surface area contributed by atoms with Crippen LogP contribution in [0.3, 0.4) is 0 Å². The van der Waals surface area contributed by atoms with Crippen LogP contribution in [0.25, 0.3) is 69.9 Å². The van der Waals surface area contributed by atoms with Gasteiger partial charge < -0.3 is 0 Å². The third-order valence-corrected chi connectivity index (χ3v) is 10.8. The average Bonchev–Trinajstić information content (AvgIpc) is 3.56. The minimum atomic E-state index is 0.840. The molecule has 8 aromatic carbocycles. The Morgan fingerprint density at radius 1 is 0.420 bits per heavy atom. The van der Waals surface area contributed by atoms with Gasteiger partial charge in [0.1, 0.15) is 0 Å². The van der Waals surface area contributed by atoms with E-state index in [4.69, 9.17) is 0 Å². The second kappa shape index (κ2) is 13.1. The van der Waals surface area contributed by atoms with Gasteiger partial charge in [-0.3, -0.25) is 0 Å². The summed E-state index contributed by atoms with van der Waals surface area (Å²) in [5.74, 6) is 0. The van der Waals surface area contributed by atoms with Gasteiger partial charge in [-0.25, -0.2) is 0 Å². The summed E-state index contributed by atoms with van der Waals surface area (Å²) in [6.07, 6.45) is 3.22. The molecular weight excluding hydrogens is 621 g/mol. The van der Waals surface area contributed by atoms with Crippen LogP contribution in [-0.4, -0.2) is 0 Å². The Hall–Kier alpha value is -6.02. The maximum absolute atomic E-state index is 2.38. The van der Waals surface area contributed by atoms with Crippen LogP contribution in [0.4, 0.5) is 0 Å². The van der Waals surface area contributed by atoms with Crippen molar-refractivity contribution < 1.29 is 0 Å². The van der Waals surface area contributed by atoms with Gasteiger partial charge in [0.05, 0.1) is 0 Å². The van der Waals surface area contributed by atoms with E-state index in [1.807, 2.05) is 11.3 Å². The van der Waals surface area contributed by atoms with E-state index in [2.05, 4.69) is 194 Å². The maximum atomic E-state index is 2.38. The summed E-state index contributed by atoms with van der Waals surface area (Å²) in [5, 5.41) is 5.26. The van der Waals surface area contributed by atoms with Crippen molar-refractivity contribution in [3.05, 3.63) is 211 Å². The van der Waals surface area contributed by atoms with Crippen molar-refractivity contribution in [1.82, 2.24) is 0 Å². The van der Waals surface area contributed by atoms with Crippen LogP contribution in [-0.2, 0) is 6.42 Å². The fourth-order valence-corrected chi connectivity index (χ4v) is 8.37. The lowest BCUT2D eigenvalue weighted by molar-refractivity contribution is 1.27. The number of rotatable bonds is 7. The summed E-state index contributed by atoms with van der Waals surface area (Å²) in [4.78, 5) is 0. The third kappa shape index (κ3) is 5.83. The summed E-state index contributed by atoms with van der Waals surface area (Å²) in [5.41, 5.74) is 12.5. The molecule has 1 aromatic heterocycles. The van der Waals surface area contributed by atoms with E-state index < -0.39 is 0 Å². The minimum absolute atomic E-state index is 0.840. The van der Waals surface area contributed by atoms with Crippen molar-refractivity contribution in [3.63, 3.8) is 0 Å². The monoisotopic (exact) mass is 654 g/mol. The minimum Gasteiger partial charge on any atom is -0.135 e. The Kier molecular flexibility index (Phi) is 7.89. The molecule has 0 saturated heterocycles. The first kappa shape index (κ1) is 30.1. The molecule has 0 N–H and O–H groups in total. The van der Waals surface area contributed by atoms with Gasteiger partial charge in [-0.15, -0.1) is 11.3 Å². The third-order valence-electron chi connectivity index (χ3n) is 9.73. The number of allylic oxidation sites excluding steroid dienone is 1. The van der Waals surface area contributed by atoms with Gasteiger partial charge in [-0.1, -0.05) is 170 Å². The zero-order chi connectivity index (χ0) is 33.3. The molecule has 0 bridgehead atoms. The van der Waals surface area contributed by atoms with Crippen molar-refractivity contribution in [2.45, 2.75) is 6.42 Å². The van der Waals surface area contributed by atoms with Crippen molar-refractivity contribution in [2.24, 2.45) is 0 Å². The number of fused-ring (bicyclic) bond motifs is 4. The molecule has 0 saturated carbocycles. The van der Waals surface area contributed by atoms with Gasteiger partial charge in [0.25, 0.3) is 0 Å². The molecule has 0 amide bonds. The van der Waals surface area contributed by atoms with E-state index in [1.165, 1.54) is 86.6 Å². The molecule has 9 rings (SSSR count). The molecule has 0 radical (unpaired) electrons. The molecular formula is C49H34S. The lowest BCUT2D eigenvalue weighted by Crippen LogP contribution is -1.91. The highest BCUT2D eigenvalue weighted by Crippen LogP contribution is 2.42. The molecule has 0 atom stereocenters. The first-order valence-corrected chi connectivity index (χ1v) is 18.0. The van der Waals surface area contributed by atoms with E-state index >= 15 is 0 Å². The van der Waals surface area contributed by atoms with E-state index in [1.54, 1.807) is 0 Å². The molecule has 0 unspecified atom stereocenters. The van der Waals surface area contributed by atoms with Crippen molar-refractivity contribution in [2.75, 3.05) is 0 Å². The predicted octanol–water partition coefficient (Wildman–Crippen LogP) is 13.9. The topological polar surface area (TPSA) is 0 Å². The van der Waals surface area contributed by atoms with Crippen molar-refractivity contribution >= 4 is 47.9 Å². The first-order valence-electron chi connectivity index (χ1n) is 17.2. The van der Waals surface area contributed by atoms with Gasteiger partial charge in [0.15, 0.2) is 0 Å². The van der Waals surface area contributed by atoms with Gasteiger partial charge in [-0.05, 0) is 97.1 Å². The normalized spacial score (nSPS) is 11.8. The molecule has 0 aliphatic rings. The average molecular weight is 655 g/mol. The molecule has 0 spiro atoms. The molecule has 0 fully saturated rings. The fourth-order valence-electron chi connectivity index (χ4n) is 7.21. The first-order chi connectivity index (χ1) is 24.8. The summed E-state index contributed by atoms with van der Waals surface area (Å²) in [6, 6.07) is 68.5. The second-order valence-corrected chi connectivity index (χ2v) is 14.0. The lowest BCUT2D eigenvalue weighted by atomic mass is 9.93. The highest BCUT2D eigenvalue weighted by molar-refractivity contribution is 7.26. The second-order valence-electron chi connectivity index (χ2n) is 12.9. The summed E-state index contributed by atoms with van der Waals surface area (Å²) in [6.45, 7) is 0. The quantitative estimate of drug-likeness (QED) is 0.160. The van der Waals surface area contributed by atoms with Gasteiger partial charge >= 0.3 is 0 Å². The Bertz CT molecular complexity index is 2640. The van der Waals surface area contributed by atoms with E-state index in [0.29, 0.717) is 0 Å². The molecule has 0 aliphatic heterocycles. The number of thiophene rings is 1. The zero-order valence-corrected chi connectivity index (χ0v) is 28.4. The van der Waals surface area contributed by atoms with Gasteiger partial charge in [-0.2, -0.15) is 0 Å². The molecule has 9 aromatic rings. The molecule has 236 valence electrons. The smallest absolute Gasteiger partial charge is 0.0362 e. The van der Waals surface area contributed by atoms with Crippen molar-refractivity contribution in [1.29, 1.82) is 0 Å². The summed E-state index contributed by atoms with van der Waals surface area (Å²) >= 11 is 1.89. The maximum Gasteiger partial charge on any atom is 0.0362 e. The highest BCUT2D eigenvalue weighted by Gasteiger charge is 2.13. The lowest BCUT2D eigenvalue weighted by Gasteiger charge is -2.12. The van der Waals surface area contributed by atoms with Crippen LogP contribution in [0, 0.1) is 0 Å². The fraction of sp³-hybridized carbons (Fsp3) is 0.0204. The molecule has 50 heavy (non-hydrogen) atoms. The summed E-state index contributed by atoms with van der Waals surface area (Å²) < 4.78 is 2.67. The Balaban J connectivity index is 1.05. The van der Waals surface area contributed by atoms with Crippen LogP contribution in [0.2, 0.25) is 0 Å². The molecule has 0 aliphatic carbocycles. The number of hydrogen-bond donors (Lipinski definition) is 0. The zero-order valence-electron chi connectivity index (χ0n) is 27.6. The molecule has 1 heteroatoms. The Morgan fingerprint density at radius 2 is 1.02 bits per heavy atom. The van der Waals surface area contributed by atoms with Crippen LogP contribution >= 0.6 is 11.3 Å². The van der Waals surface area contributed by atoms with E-state index in [0.717, 1.165) is 6.42 Å². The van der Waals surface area contributed by atoms with E-state index in [-0.39, 0.29) is 0 Å². The van der Waals surface area contributed by atoms with Crippen LogP contribution in [0.5, 0.6) is 0 Å². The number of benzene rings is 8. The van der Waals surface area contributed by atoms with Gasteiger partial charge in [0, 0.05) is 20.2 Å². The molecule has 1 heterocycles. The van der Waals surface area contributed by atoms with Crippen LogP contribution in [0.1, 0.15) is 16.7 Å². The Morgan fingerprint density at radius 3 is 1.82 bits per heavy atom. The SMILES string of the molecule is C(/Cc1cccc(-c2cccc(-c3cccc4sc5cc6ccccc6cc5c34)c2)c1)=C(/c1ccccc1)c1ccc(-c2ccccc2)cc1. The van der Waals surface area contributed by atoms with Crippen LogP contribution in [0.15, 0.2) is 194 Å². The number of hydrogen-bond acceptors (Lipinski definition) is 1. The predicted molar refractivity (Wildman–Crippen MR) is 217 cm³/mol. The highest BCUT2D eigenvalue weighted by atomic mass is 32.1.